The van der Waals surface area contributed by atoms with Crippen LogP contribution in [0.15, 0.2) is 47.4 Å². The third-order valence-electron chi connectivity index (χ3n) is 2.85. The van der Waals surface area contributed by atoms with Crippen LogP contribution in [-0.2, 0) is 0 Å². The van der Waals surface area contributed by atoms with Crippen molar-refractivity contribution in [3.8, 4) is 16.9 Å². The highest BCUT2D eigenvalue weighted by Gasteiger charge is 2.19. The number of hydrogen-bond donors (Lipinski definition) is 1. The molecule has 0 aliphatic heterocycles. The second kappa shape index (κ2) is 5.80. The quantitative estimate of drug-likeness (QED) is 0.648. The molecule has 0 fully saturated rings. The Morgan fingerprint density at radius 2 is 1.70 bits per heavy atom. The summed E-state index contributed by atoms with van der Waals surface area (Å²) < 4.78 is 5.67. The second-order valence-corrected chi connectivity index (χ2v) is 7.50. The molecule has 2 nitrogen and oxygen atoms in total. The fourth-order valence-electron chi connectivity index (χ4n) is 2.09. The van der Waals surface area contributed by atoms with Gasteiger partial charge in [0.1, 0.15) is 5.75 Å². The van der Waals surface area contributed by atoms with Crippen LogP contribution in [0.1, 0.15) is 20.8 Å². The van der Waals surface area contributed by atoms with Crippen LogP contribution in [0.5, 0.6) is 5.75 Å². The molecule has 2 aromatic rings. The van der Waals surface area contributed by atoms with Crippen molar-refractivity contribution in [1.29, 1.82) is 0 Å². The van der Waals surface area contributed by atoms with Gasteiger partial charge in [-0.05, 0) is 18.2 Å². The Kier molecular flexibility index (Phi) is 4.29. The maximum Gasteiger partial charge on any atom is 0.127 e. The number of ether oxygens (including phenoxy) is 1. The summed E-state index contributed by atoms with van der Waals surface area (Å²) in [6, 6.07) is 14.0. The lowest BCUT2D eigenvalue weighted by atomic mass is 10.0. The summed E-state index contributed by atoms with van der Waals surface area (Å²) in [5, 5.41) is 0. The maximum atomic E-state index is 6.14. The molecule has 0 unspecified atom stereocenters. The van der Waals surface area contributed by atoms with Crippen LogP contribution >= 0.6 is 11.8 Å². The van der Waals surface area contributed by atoms with Gasteiger partial charge in [0, 0.05) is 26.5 Å². The van der Waals surface area contributed by atoms with Gasteiger partial charge in [0.15, 0.2) is 0 Å². The highest BCUT2D eigenvalue weighted by Crippen LogP contribution is 2.44. The zero-order valence-electron chi connectivity index (χ0n) is 12.4. The number of nitrogens with two attached hydrogens (primary N) is 1. The lowest BCUT2D eigenvalue weighted by Crippen LogP contribution is -2.07. The van der Waals surface area contributed by atoms with E-state index < -0.39 is 0 Å². The zero-order valence-corrected chi connectivity index (χ0v) is 13.3. The highest BCUT2D eigenvalue weighted by molar-refractivity contribution is 8.00. The van der Waals surface area contributed by atoms with Crippen molar-refractivity contribution in [1.82, 2.24) is 0 Å². The van der Waals surface area contributed by atoms with Crippen LogP contribution in [0.25, 0.3) is 11.1 Å². The lowest BCUT2D eigenvalue weighted by Gasteiger charge is -2.22. The SMILES string of the molecule is COc1cccc(SC(C)(C)C)c1-c1ccccc1N. The number of rotatable bonds is 3. The first-order chi connectivity index (χ1) is 9.42. The molecule has 2 aromatic carbocycles. The number of benzene rings is 2. The maximum absolute atomic E-state index is 6.14. The first-order valence-electron chi connectivity index (χ1n) is 6.63. The van der Waals surface area contributed by atoms with Gasteiger partial charge in [-0.25, -0.2) is 0 Å². The molecule has 0 aromatic heterocycles. The van der Waals surface area contributed by atoms with Crippen LogP contribution in [0.4, 0.5) is 5.69 Å². The van der Waals surface area contributed by atoms with Crippen LogP contribution in [0, 0.1) is 0 Å². The highest BCUT2D eigenvalue weighted by atomic mass is 32.2. The summed E-state index contributed by atoms with van der Waals surface area (Å²) in [4.78, 5) is 1.19. The average Bonchev–Trinajstić information content (AvgIpc) is 2.37. The Balaban J connectivity index is 2.63. The van der Waals surface area contributed by atoms with E-state index in [2.05, 4.69) is 26.8 Å². The van der Waals surface area contributed by atoms with E-state index in [-0.39, 0.29) is 4.75 Å². The van der Waals surface area contributed by atoms with Gasteiger partial charge in [0.2, 0.25) is 0 Å². The molecule has 0 atom stereocenters. The average molecular weight is 287 g/mol. The summed E-state index contributed by atoms with van der Waals surface area (Å²) in [5.74, 6) is 0.858. The Morgan fingerprint density at radius 1 is 1.00 bits per heavy atom. The fourth-order valence-corrected chi connectivity index (χ4v) is 3.21. The third kappa shape index (κ3) is 3.28. The van der Waals surface area contributed by atoms with Crippen molar-refractivity contribution in [3.05, 3.63) is 42.5 Å². The monoisotopic (exact) mass is 287 g/mol. The molecule has 0 bridgehead atoms. The Labute approximate surface area is 125 Å². The lowest BCUT2D eigenvalue weighted by molar-refractivity contribution is 0.415. The molecule has 106 valence electrons. The van der Waals surface area contributed by atoms with E-state index >= 15 is 0 Å². The van der Waals surface area contributed by atoms with Gasteiger partial charge in [-0.3, -0.25) is 0 Å². The molecule has 20 heavy (non-hydrogen) atoms. The molecule has 0 aliphatic rings. The van der Waals surface area contributed by atoms with Gasteiger partial charge in [-0.15, -0.1) is 11.8 Å². The number of hydrogen-bond acceptors (Lipinski definition) is 3. The van der Waals surface area contributed by atoms with Crippen molar-refractivity contribution >= 4 is 17.4 Å². The summed E-state index contributed by atoms with van der Waals surface area (Å²) in [6.07, 6.45) is 0. The summed E-state index contributed by atoms with van der Waals surface area (Å²) in [5.41, 5.74) is 9.02. The largest absolute Gasteiger partial charge is 0.496 e. The third-order valence-corrected chi connectivity index (χ3v) is 4.03. The smallest absolute Gasteiger partial charge is 0.127 e. The van der Waals surface area contributed by atoms with Crippen molar-refractivity contribution in [2.75, 3.05) is 12.8 Å². The van der Waals surface area contributed by atoms with Gasteiger partial charge in [-0.2, -0.15) is 0 Å². The normalized spacial score (nSPS) is 11.4. The molecule has 0 saturated heterocycles. The van der Waals surface area contributed by atoms with Crippen molar-refractivity contribution < 1.29 is 4.74 Å². The van der Waals surface area contributed by atoms with E-state index in [4.69, 9.17) is 10.5 Å². The summed E-state index contributed by atoms with van der Waals surface area (Å²) >= 11 is 1.82. The molecule has 0 radical (unpaired) electrons. The van der Waals surface area contributed by atoms with Gasteiger partial charge < -0.3 is 10.5 Å². The Hall–Kier alpha value is -1.61. The first-order valence-corrected chi connectivity index (χ1v) is 7.45. The number of thioether (sulfide) groups is 1. The minimum absolute atomic E-state index is 0.130. The molecule has 0 amide bonds. The van der Waals surface area contributed by atoms with E-state index in [0.717, 1.165) is 22.6 Å². The molecule has 0 saturated carbocycles. The van der Waals surface area contributed by atoms with Crippen molar-refractivity contribution in [2.45, 2.75) is 30.4 Å². The molecular formula is C17H21NOS. The van der Waals surface area contributed by atoms with Crippen molar-refractivity contribution in [2.24, 2.45) is 0 Å². The van der Waals surface area contributed by atoms with E-state index in [1.165, 1.54) is 4.90 Å². The van der Waals surface area contributed by atoms with Crippen LogP contribution in [0.2, 0.25) is 0 Å². The standard InChI is InChI=1S/C17H21NOS/c1-17(2,3)20-15-11-7-10-14(19-4)16(15)12-8-5-6-9-13(12)18/h5-11H,18H2,1-4H3. The minimum Gasteiger partial charge on any atom is -0.496 e. The van der Waals surface area contributed by atoms with Gasteiger partial charge in [0.05, 0.1) is 7.11 Å². The van der Waals surface area contributed by atoms with E-state index in [1.807, 2.05) is 48.2 Å². The molecular weight excluding hydrogens is 266 g/mol. The molecule has 0 spiro atoms. The Bertz CT molecular complexity index is 602. The zero-order chi connectivity index (χ0) is 14.8. The van der Waals surface area contributed by atoms with E-state index in [9.17, 15) is 0 Å². The minimum atomic E-state index is 0.130. The summed E-state index contributed by atoms with van der Waals surface area (Å²) in [6.45, 7) is 6.61. The summed E-state index contributed by atoms with van der Waals surface area (Å²) in [7, 11) is 1.70. The predicted molar refractivity (Wildman–Crippen MR) is 88.5 cm³/mol. The molecule has 2 rings (SSSR count). The first kappa shape index (κ1) is 14.8. The topological polar surface area (TPSA) is 35.2 Å². The Morgan fingerprint density at radius 3 is 2.30 bits per heavy atom. The number of methoxy groups -OCH3 is 1. The number of para-hydroxylation sites is 1. The van der Waals surface area contributed by atoms with Gasteiger partial charge >= 0.3 is 0 Å². The van der Waals surface area contributed by atoms with Crippen LogP contribution < -0.4 is 10.5 Å². The second-order valence-electron chi connectivity index (χ2n) is 5.64. The van der Waals surface area contributed by atoms with Crippen molar-refractivity contribution in [3.63, 3.8) is 0 Å². The fraction of sp³-hybridized carbons (Fsp3) is 0.294. The number of nitrogen functional groups attached to an aromatic ring is 1. The molecule has 3 heteroatoms. The van der Waals surface area contributed by atoms with Crippen LogP contribution in [0.3, 0.4) is 0 Å². The van der Waals surface area contributed by atoms with Gasteiger partial charge in [-0.1, -0.05) is 45.0 Å². The molecule has 0 aliphatic carbocycles. The van der Waals surface area contributed by atoms with Gasteiger partial charge in [0.25, 0.3) is 0 Å². The van der Waals surface area contributed by atoms with Crippen LogP contribution in [-0.4, -0.2) is 11.9 Å². The number of anilines is 1. The van der Waals surface area contributed by atoms with E-state index in [0.29, 0.717) is 0 Å². The molecule has 0 heterocycles. The van der Waals surface area contributed by atoms with E-state index in [1.54, 1.807) is 7.11 Å². The predicted octanol–water partition coefficient (Wildman–Crippen LogP) is 4.84. The molecule has 2 N–H and O–H groups in total.